The van der Waals surface area contributed by atoms with Crippen molar-refractivity contribution in [2.75, 3.05) is 25.5 Å². The van der Waals surface area contributed by atoms with Crippen molar-refractivity contribution >= 4 is 17.4 Å². The summed E-state index contributed by atoms with van der Waals surface area (Å²) in [7, 11) is 3.82. The summed E-state index contributed by atoms with van der Waals surface area (Å²) < 4.78 is 13.3. The number of nitrogens with one attached hydrogen (secondary N) is 1. The molecule has 1 aliphatic heterocycles. The molecule has 0 spiro atoms. The molecule has 4 rings (SSSR count). The quantitative estimate of drug-likeness (QED) is 0.578. The van der Waals surface area contributed by atoms with Gasteiger partial charge >= 0.3 is 0 Å². The van der Waals surface area contributed by atoms with E-state index in [1.807, 2.05) is 60.3 Å². The molecule has 1 amide bonds. The van der Waals surface area contributed by atoms with Crippen molar-refractivity contribution in [3.63, 3.8) is 0 Å². The van der Waals surface area contributed by atoms with E-state index in [9.17, 15) is 9.18 Å². The fraction of sp³-hybridized carbons (Fsp3) is 0.308. The highest BCUT2D eigenvalue weighted by Crippen LogP contribution is 2.35. The lowest BCUT2D eigenvalue weighted by atomic mass is 10.0. The topological polar surface area (TPSA) is 48.5 Å². The van der Waals surface area contributed by atoms with Crippen LogP contribution in [0.2, 0.25) is 0 Å². The second-order valence-electron chi connectivity index (χ2n) is 8.28. The van der Waals surface area contributed by atoms with Crippen LogP contribution in [0.1, 0.15) is 53.3 Å². The summed E-state index contributed by atoms with van der Waals surface area (Å²) in [5.41, 5.74) is 3.73. The van der Waals surface area contributed by atoms with E-state index in [1.54, 1.807) is 18.3 Å². The molecule has 1 saturated heterocycles. The van der Waals surface area contributed by atoms with Crippen molar-refractivity contribution in [2.45, 2.75) is 31.8 Å². The number of hydrogen-bond donors (Lipinski definition) is 1. The highest BCUT2D eigenvalue weighted by atomic mass is 19.1. The van der Waals surface area contributed by atoms with Crippen LogP contribution in [0.5, 0.6) is 0 Å². The predicted molar refractivity (Wildman–Crippen MR) is 126 cm³/mol. The number of likely N-dealkylation sites (tertiary alicyclic amines) is 1. The van der Waals surface area contributed by atoms with Gasteiger partial charge in [0.15, 0.2) is 0 Å². The maximum absolute atomic E-state index is 13.4. The highest BCUT2D eigenvalue weighted by Gasteiger charge is 2.31. The number of anilines is 2. The van der Waals surface area contributed by atoms with Crippen molar-refractivity contribution in [2.24, 2.45) is 0 Å². The molecule has 1 aliphatic rings. The number of benzene rings is 2. The van der Waals surface area contributed by atoms with Crippen LogP contribution in [-0.2, 0) is 0 Å². The molecule has 2 aromatic carbocycles. The molecule has 0 bridgehead atoms. The standard InChI is InChI=1S/C26H29FN4O/c1-18(28-2)19-6-4-7-21(16-19)26(32)31-15-5-8-24(31)20-13-14-29-25(17-20)30(3)23-11-9-22(27)10-12-23/h4,6-7,9-14,16-18,24,28H,5,8,15H2,1-3H3. The molecule has 1 fully saturated rings. The molecule has 3 aromatic rings. The number of amides is 1. The molecule has 2 unspecified atom stereocenters. The third-order valence-electron chi connectivity index (χ3n) is 6.29. The monoisotopic (exact) mass is 432 g/mol. The third kappa shape index (κ3) is 4.50. The Morgan fingerprint density at radius 3 is 2.72 bits per heavy atom. The fourth-order valence-corrected chi connectivity index (χ4v) is 4.25. The van der Waals surface area contributed by atoms with Gasteiger partial charge in [-0.1, -0.05) is 12.1 Å². The summed E-state index contributed by atoms with van der Waals surface area (Å²) in [5, 5.41) is 3.23. The van der Waals surface area contributed by atoms with Crippen LogP contribution in [0, 0.1) is 5.82 Å². The minimum absolute atomic E-state index is 0.0104. The molecule has 166 valence electrons. The molecule has 5 nitrogen and oxygen atoms in total. The zero-order valence-electron chi connectivity index (χ0n) is 18.8. The van der Waals surface area contributed by atoms with Gasteiger partial charge in [0.2, 0.25) is 0 Å². The largest absolute Gasteiger partial charge is 0.332 e. The molecule has 1 aromatic heterocycles. The van der Waals surface area contributed by atoms with Gasteiger partial charge in [0.1, 0.15) is 11.6 Å². The lowest BCUT2D eigenvalue weighted by Crippen LogP contribution is -2.31. The van der Waals surface area contributed by atoms with Gasteiger partial charge in [-0.3, -0.25) is 4.79 Å². The molecule has 6 heteroatoms. The van der Waals surface area contributed by atoms with Crippen molar-refractivity contribution in [1.82, 2.24) is 15.2 Å². The van der Waals surface area contributed by atoms with Gasteiger partial charge in [0.05, 0.1) is 6.04 Å². The number of pyridine rings is 1. The first-order valence-corrected chi connectivity index (χ1v) is 11.0. The first kappa shape index (κ1) is 22.0. The summed E-state index contributed by atoms with van der Waals surface area (Å²) in [5.74, 6) is 0.554. The van der Waals surface area contributed by atoms with Crippen LogP contribution in [-0.4, -0.2) is 36.4 Å². The molecular weight excluding hydrogens is 403 g/mol. The second kappa shape index (κ2) is 9.49. The normalized spacial score (nSPS) is 16.8. The van der Waals surface area contributed by atoms with Crippen LogP contribution >= 0.6 is 0 Å². The van der Waals surface area contributed by atoms with Gasteiger partial charge in [-0.15, -0.1) is 0 Å². The number of aromatic nitrogens is 1. The van der Waals surface area contributed by atoms with E-state index in [-0.39, 0.29) is 23.8 Å². The molecule has 2 atom stereocenters. The number of carbonyl (C=O) groups excluding carboxylic acids is 1. The van der Waals surface area contributed by atoms with E-state index in [2.05, 4.69) is 17.2 Å². The van der Waals surface area contributed by atoms with Gasteiger partial charge in [0.25, 0.3) is 5.91 Å². The van der Waals surface area contributed by atoms with Crippen LogP contribution in [0.3, 0.4) is 0 Å². The number of hydrogen-bond acceptors (Lipinski definition) is 4. The Kier molecular flexibility index (Phi) is 6.51. The Morgan fingerprint density at radius 1 is 1.19 bits per heavy atom. The first-order valence-electron chi connectivity index (χ1n) is 11.0. The zero-order valence-corrected chi connectivity index (χ0v) is 18.8. The van der Waals surface area contributed by atoms with Gasteiger partial charge in [-0.25, -0.2) is 9.37 Å². The Labute approximate surface area is 188 Å². The van der Waals surface area contributed by atoms with Gasteiger partial charge in [0, 0.05) is 37.1 Å². The van der Waals surface area contributed by atoms with E-state index in [4.69, 9.17) is 0 Å². The average Bonchev–Trinajstić information content (AvgIpc) is 3.33. The number of nitrogens with zero attached hydrogens (tertiary/aromatic N) is 3. The van der Waals surface area contributed by atoms with Crippen LogP contribution in [0.15, 0.2) is 66.9 Å². The third-order valence-corrected chi connectivity index (χ3v) is 6.29. The van der Waals surface area contributed by atoms with Crippen LogP contribution in [0.4, 0.5) is 15.9 Å². The minimum atomic E-state index is -0.267. The molecule has 0 radical (unpaired) electrons. The summed E-state index contributed by atoms with van der Waals surface area (Å²) in [6.07, 6.45) is 3.66. The maximum atomic E-state index is 13.4. The maximum Gasteiger partial charge on any atom is 0.254 e. The number of halogens is 1. The smallest absolute Gasteiger partial charge is 0.254 e. The van der Waals surface area contributed by atoms with E-state index >= 15 is 0 Å². The molecule has 2 heterocycles. The molecule has 0 saturated carbocycles. The fourth-order valence-electron chi connectivity index (χ4n) is 4.25. The van der Waals surface area contributed by atoms with E-state index < -0.39 is 0 Å². The Bertz CT molecular complexity index is 1090. The lowest BCUT2D eigenvalue weighted by molar-refractivity contribution is 0.0735. The van der Waals surface area contributed by atoms with Crippen molar-refractivity contribution in [3.05, 3.63) is 89.4 Å². The summed E-state index contributed by atoms with van der Waals surface area (Å²) >= 11 is 0. The highest BCUT2D eigenvalue weighted by molar-refractivity contribution is 5.95. The van der Waals surface area contributed by atoms with E-state index in [0.29, 0.717) is 5.56 Å². The Morgan fingerprint density at radius 2 is 1.97 bits per heavy atom. The van der Waals surface area contributed by atoms with Crippen molar-refractivity contribution < 1.29 is 9.18 Å². The summed E-state index contributed by atoms with van der Waals surface area (Å²) in [6, 6.07) is 18.4. The molecule has 0 aliphatic carbocycles. The number of rotatable bonds is 6. The van der Waals surface area contributed by atoms with Gasteiger partial charge < -0.3 is 15.1 Å². The molecular formula is C26H29FN4O. The van der Waals surface area contributed by atoms with Crippen LogP contribution in [0.25, 0.3) is 0 Å². The summed E-state index contributed by atoms with van der Waals surface area (Å²) in [4.78, 5) is 21.8. The predicted octanol–water partition coefficient (Wildman–Crippen LogP) is 5.25. The first-order chi connectivity index (χ1) is 15.5. The van der Waals surface area contributed by atoms with Crippen molar-refractivity contribution in [1.29, 1.82) is 0 Å². The average molecular weight is 433 g/mol. The SMILES string of the molecule is CNC(C)c1cccc(C(=O)N2CCCC2c2ccnc(N(C)c3ccc(F)cc3)c2)c1. The molecule has 32 heavy (non-hydrogen) atoms. The lowest BCUT2D eigenvalue weighted by Gasteiger charge is -2.27. The minimum Gasteiger partial charge on any atom is -0.332 e. The summed E-state index contributed by atoms with van der Waals surface area (Å²) in [6.45, 7) is 2.82. The van der Waals surface area contributed by atoms with E-state index in [0.717, 1.165) is 42.0 Å². The second-order valence-corrected chi connectivity index (χ2v) is 8.28. The number of carbonyl (C=O) groups is 1. The van der Waals surface area contributed by atoms with Gasteiger partial charge in [-0.05, 0) is 86.5 Å². The Hall–Kier alpha value is -3.25. The zero-order chi connectivity index (χ0) is 22.7. The van der Waals surface area contributed by atoms with E-state index in [1.165, 1.54) is 12.1 Å². The molecule has 1 N–H and O–H groups in total. The Balaban J connectivity index is 1.58. The van der Waals surface area contributed by atoms with Crippen molar-refractivity contribution in [3.8, 4) is 0 Å². The van der Waals surface area contributed by atoms with Crippen LogP contribution < -0.4 is 10.2 Å². The van der Waals surface area contributed by atoms with Gasteiger partial charge in [-0.2, -0.15) is 0 Å².